The smallest absolute Gasteiger partial charge is 0.254 e. The molecule has 1 aliphatic rings. The van der Waals surface area contributed by atoms with Gasteiger partial charge in [-0.3, -0.25) is 4.79 Å². The quantitative estimate of drug-likeness (QED) is 0.892. The second-order valence-electron chi connectivity index (χ2n) is 6.97. The van der Waals surface area contributed by atoms with Gasteiger partial charge in [0.25, 0.3) is 5.91 Å². The molecule has 1 heterocycles. The molecule has 2 aromatic rings. The van der Waals surface area contributed by atoms with Gasteiger partial charge in [0.1, 0.15) is 0 Å². The maximum atomic E-state index is 13.1. The minimum atomic E-state index is -3.36. The maximum Gasteiger partial charge on any atom is 0.254 e. The molecule has 6 heteroatoms. The summed E-state index contributed by atoms with van der Waals surface area (Å²) in [5.74, 6) is 0.258. The molecule has 1 fully saturated rings. The van der Waals surface area contributed by atoms with Gasteiger partial charge in [-0.05, 0) is 42.6 Å². The molecule has 1 amide bonds. The van der Waals surface area contributed by atoms with Crippen molar-refractivity contribution in [1.82, 2.24) is 4.90 Å². The Labute approximate surface area is 154 Å². The number of aryl methyl sites for hydroxylation is 1. The number of sulfone groups is 1. The molecule has 0 spiro atoms. The highest BCUT2D eigenvalue weighted by Crippen LogP contribution is 2.33. The van der Waals surface area contributed by atoms with Crippen LogP contribution in [0.15, 0.2) is 53.4 Å². The summed E-state index contributed by atoms with van der Waals surface area (Å²) in [5, 5.41) is 0. The Bertz CT molecular complexity index is 910. The number of hydrogen-bond acceptors (Lipinski definition) is 4. The number of carbonyl (C=O) groups is 1. The van der Waals surface area contributed by atoms with Crippen LogP contribution in [0.4, 0.5) is 0 Å². The monoisotopic (exact) mass is 372 g/mol. The largest absolute Gasteiger partial charge is 0.338 e. The van der Waals surface area contributed by atoms with Gasteiger partial charge in [-0.25, -0.2) is 8.42 Å². The molecule has 1 saturated heterocycles. The predicted molar refractivity (Wildman–Crippen MR) is 102 cm³/mol. The van der Waals surface area contributed by atoms with E-state index in [1.807, 2.05) is 25.1 Å². The average molecular weight is 372 g/mol. The molecule has 0 radical (unpaired) electrons. The standard InChI is InChI=1S/C20H24N2O3S/c1-14-8-9-17(26(2,24)25)10-18(14)20(23)22-12-16(11-21)19(13-22)15-6-4-3-5-7-15/h3-10,16,19H,11-13,21H2,1-2H3/t16-,19+/m1/s1. The molecule has 5 nitrogen and oxygen atoms in total. The highest BCUT2D eigenvalue weighted by atomic mass is 32.2. The molecule has 0 aliphatic carbocycles. The molecular formula is C20H24N2O3S. The van der Waals surface area contributed by atoms with E-state index < -0.39 is 9.84 Å². The van der Waals surface area contributed by atoms with Crippen molar-refractivity contribution in [2.24, 2.45) is 11.7 Å². The number of nitrogens with two attached hydrogens (primary N) is 1. The highest BCUT2D eigenvalue weighted by Gasteiger charge is 2.36. The fraction of sp³-hybridized carbons (Fsp3) is 0.350. The second-order valence-corrected chi connectivity index (χ2v) is 8.99. The van der Waals surface area contributed by atoms with Crippen molar-refractivity contribution < 1.29 is 13.2 Å². The van der Waals surface area contributed by atoms with E-state index in [0.29, 0.717) is 25.2 Å². The van der Waals surface area contributed by atoms with Crippen LogP contribution in [-0.4, -0.2) is 45.1 Å². The summed E-state index contributed by atoms with van der Waals surface area (Å²) >= 11 is 0. The third-order valence-corrected chi connectivity index (χ3v) is 6.24. The summed E-state index contributed by atoms with van der Waals surface area (Å²) in [6.45, 7) is 3.50. The van der Waals surface area contributed by atoms with E-state index in [0.717, 1.165) is 11.8 Å². The van der Waals surface area contributed by atoms with E-state index in [9.17, 15) is 13.2 Å². The third-order valence-electron chi connectivity index (χ3n) is 5.13. The number of benzene rings is 2. The zero-order valence-electron chi connectivity index (χ0n) is 15.1. The Morgan fingerprint density at radius 1 is 1.15 bits per heavy atom. The number of amides is 1. The second kappa shape index (κ2) is 7.21. The normalized spacial score (nSPS) is 20.3. The lowest BCUT2D eigenvalue weighted by atomic mass is 9.89. The molecule has 0 saturated carbocycles. The first-order valence-electron chi connectivity index (χ1n) is 8.66. The van der Waals surface area contributed by atoms with Crippen LogP contribution in [-0.2, 0) is 9.84 Å². The Morgan fingerprint density at radius 3 is 2.46 bits per heavy atom. The van der Waals surface area contributed by atoms with Gasteiger partial charge >= 0.3 is 0 Å². The van der Waals surface area contributed by atoms with Crippen molar-refractivity contribution >= 4 is 15.7 Å². The topological polar surface area (TPSA) is 80.5 Å². The van der Waals surface area contributed by atoms with E-state index >= 15 is 0 Å². The number of hydrogen-bond donors (Lipinski definition) is 1. The van der Waals surface area contributed by atoms with Gasteiger partial charge < -0.3 is 10.6 Å². The van der Waals surface area contributed by atoms with Gasteiger partial charge in [0, 0.05) is 30.8 Å². The summed E-state index contributed by atoms with van der Waals surface area (Å²) in [5.41, 5.74) is 8.35. The molecule has 26 heavy (non-hydrogen) atoms. The SMILES string of the molecule is Cc1ccc(S(C)(=O)=O)cc1C(=O)N1C[C@@H](CN)[C@H](c2ccccc2)C1. The Balaban J connectivity index is 1.89. The van der Waals surface area contributed by atoms with Gasteiger partial charge in [-0.1, -0.05) is 36.4 Å². The Morgan fingerprint density at radius 2 is 1.85 bits per heavy atom. The first-order valence-corrected chi connectivity index (χ1v) is 10.6. The Kier molecular flexibility index (Phi) is 5.16. The van der Waals surface area contributed by atoms with Crippen molar-refractivity contribution in [2.45, 2.75) is 17.7 Å². The lowest BCUT2D eigenvalue weighted by Crippen LogP contribution is -2.30. The van der Waals surface area contributed by atoms with Crippen molar-refractivity contribution in [3.8, 4) is 0 Å². The zero-order valence-corrected chi connectivity index (χ0v) is 15.9. The van der Waals surface area contributed by atoms with Gasteiger partial charge in [0.15, 0.2) is 9.84 Å². The molecule has 3 rings (SSSR count). The average Bonchev–Trinajstić information content (AvgIpc) is 3.05. The van der Waals surface area contributed by atoms with Gasteiger partial charge in [-0.15, -0.1) is 0 Å². The number of rotatable bonds is 4. The van der Waals surface area contributed by atoms with Crippen LogP contribution in [0, 0.1) is 12.8 Å². The van der Waals surface area contributed by atoms with Crippen LogP contribution >= 0.6 is 0 Å². The molecular weight excluding hydrogens is 348 g/mol. The van der Waals surface area contributed by atoms with Crippen LogP contribution in [0.1, 0.15) is 27.4 Å². The van der Waals surface area contributed by atoms with E-state index in [1.54, 1.807) is 17.0 Å². The molecule has 138 valence electrons. The minimum Gasteiger partial charge on any atom is -0.338 e. The summed E-state index contributed by atoms with van der Waals surface area (Å²) in [6.07, 6.45) is 1.15. The van der Waals surface area contributed by atoms with Crippen LogP contribution in [0.5, 0.6) is 0 Å². The molecule has 0 unspecified atom stereocenters. The van der Waals surface area contributed by atoms with Crippen LogP contribution in [0.3, 0.4) is 0 Å². The van der Waals surface area contributed by atoms with Crippen molar-refractivity contribution in [3.63, 3.8) is 0 Å². The molecule has 2 atom stereocenters. The molecule has 2 N–H and O–H groups in total. The van der Waals surface area contributed by atoms with Crippen LogP contribution in [0.2, 0.25) is 0 Å². The number of carbonyl (C=O) groups excluding carboxylic acids is 1. The van der Waals surface area contributed by atoms with Gasteiger partial charge in [0.2, 0.25) is 0 Å². The molecule has 0 aromatic heterocycles. The van der Waals surface area contributed by atoms with Gasteiger partial charge in [0.05, 0.1) is 4.90 Å². The van der Waals surface area contributed by atoms with Crippen molar-refractivity contribution in [3.05, 3.63) is 65.2 Å². The lowest BCUT2D eigenvalue weighted by Gasteiger charge is -2.18. The van der Waals surface area contributed by atoms with E-state index in [-0.39, 0.29) is 22.6 Å². The van der Waals surface area contributed by atoms with E-state index in [1.165, 1.54) is 11.6 Å². The molecule has 2 aromatic carbocycles. The minimum absolute atomic E-state index is 0.134. The number of likely N-dealkylation sites (tertiary alicyclic amines) is 1. The summed E-state index contributed by atoms with van der Waals surface area (Å²) in [6, 6.07) is 14.8. The van der Waals surface area contributed by atoms with Crippen molar-refractivity contribution in [2.75, 3.05) is 25.9 Å². The summed E-state index contributed by atoms with van der Waals surface area (Å²) < 4.78 is 23.7. The molecule has 1 aliphatic heterocycles. The first kappa shape index (κ1) is 18.6. The van der Waals surface area contributed by atoms with E-state index in [2.05, 4.69) is 12.1 Å². The fourth-order valence-corrected chi connectivity index (χ4v) is 4.23. The third kappa shape index (κ3) is 3.66. The Hall–Kier alpha value is -2.18. The van der Waals surface area contributed by atoms with Crippen LogP contribution < -0.4 is 5.73 Å². The van der Waals surface area contributed by atoms with Gasteiger partial charge in [-0.2, -0.15) is 0 Å². The highest BCUT2D eigenvalue weighted by molar-refractivity contribution is 7.90. The summed E-state index contributed by atoms with van der Waals surface area (Å²) in [7, 11) is -3.36. The predicted octanol–water partition coefficient (Wildman–Crippen LogP) is 2.21. The maximum absolute atomic E-state index is 13.1. The zero-order chi connectivity index (χ0) is 18.9. The lowest BCUT2D eigenvalue weighted by molar-refractivity contribution is 0.0785. The number of nitrogens with zero attached hydrogens (tertiary/aromatic N) is 1. The van der Waals surface area contributed by atoms with E-state index in [4.69, 9.17) is 5.73 Å². The summed E-state index contributed by atoms with van der Waals surface area (Å²) in [4.78, 5) is 15.0. The first-order chi connectivity index (χ1) is 12.3. The van der Waals surface area contributed by atoms with Crippen molar-refractivity contribution in [1.29, 1.82) is 0 Å². The molecule has 0 bridgehead atoms. The fourth-order valence-electron chi connectivity index (χ4n) is 3.59. The van der Waals surface area contributed by atoms with Crippen LogP contribution in [0.25, 0.3) is 0 Å².